The fourth-order valence-corrected chi connectivity index (χ4v) is 3.74. The highest BCUT2D eigenvalue weighted by molar-refractivity contribution is 6.30. The van der Waals surface area contributed by atoms with Crippen LogP contribution in [0.15, 0.2) is 42.7 Å². The standard InChI is InChI=1S/C21H20ClN5O/c1-15(28)16-2-3-17(11-23)20(10-16)26-8-6-25(7-9-26)13-19-14-27-12-18(22)4-5-21(27)24-19/h2-5,10,12,14H,6-9,13H2,1H3. The van der Waals surface area contributed by atoms with Crippen LogP contribution in [0.5, 0.6) is 0 Å². The molecular formula is C21H20ClN5O. The van der Waals surface area contributed by atoms with E-state index >= 15 is 0 Å². The Morgan fingerprint density at radius 1 is 1.18 bits per heavy atom. The van der Waals surface area contributed by atoms with Gasteiger partial charge in [-0.2, -0.15) is 5.26 Å². The number of carbonyl (C=O) groups excluding carboxylic acids is 1. The third kappa shape index (κ3) is 3.72. The molecule has 2 aromatic heterocycles. The van der Waals surface area contributed by atoms with Crippen molar-refractivity contribution in [1.29, 1.82) is 5.26 Å². The molecule has 1 fully saturated rings. The van der Waals surface area contributed by atoms with E-state index in [4.69, 9.17) is 11.6 Å². The number of fused-ring (bicyclic) bond motifs is 1. The molecule has 7 heteroatoms. The minimum atomic E-state index is 0.0105. The van der Waals surface area contributed by atoms with Crippen molar-refractivity contribution in [3.8, 4) is 6.07 Å². The van der Waals surface area contributed by atoms with Crippen LogP contribution in [0.4, 0.5) is 5.69 Å². The van der Waals surface area contributed by atoms with E-state index in [1.807, 2.05) is 35.0 Å². The molecule has 6 nitrogen and oxygen atoms in total. The van der Waals surface area contributed by atoms with Crippen molar-refractivity contribution < 1.29 is 4.79 Å². The Kier molecular flexibility index (Phi) is 5.03. The van der Waals surface area contributed by atoms with Crippen LogP contribution in [0.25, 0.3) is 5.65 Å². The third-order valence-electron chi connectivity index (χ3n) is 5.09. The number of anilines is 1. The maximum atomic E-state index is 11.7. The van der Waals surface area contributed by atoms with Crippen LogP contribution in [0.3, 0.4) is 0 Å². The molecule has 0 spiro atoms. The average Bonchev–Trinajstić information content (AvgIpc) is 3.09. The summed E-state index contributed by atoms with van der Waals surface area (Å²) in [6, 6.07) is 11.3. The normalized spacial score (nSPS) is 15.0. The molecule has 28 heavy (non-hydrogen) atoms. The Bertz CT molecular complexity index is 1080. The van der Waals surface area contributed by atoms with E-state index in [9.17, 15) is 10.1 Å². The Labute approximate surface area is 168 Å². The summed E-state index contributed by atoms with van der Waals surface area (Å²) >= 11 is 6.04. The van der Waals surface area contributed by atoms with Crippen LogP contribution in [-0.2, 0) is 6.54 Å². The van der Waals surface area contributed by atoms with Crippen LogP contribution < -0.4 is 4.90 Å². The second-order valence-corrected chi connectivity index (χ2v) is 7.44. The molecule has 1 saturated heterocycles. The maximum Gasteiger partial charge on any atom is 0.159 e. The Hall–Kier alpha value is -2.88. The highest BCUT2D eigenvalue weighted by Crippen LogP contribution is 2.24. The lowest BCUT2D eigenvalue weighted by atomic mass is 10.1. The molecule has 0 bridgehead atoms. The lowest BCUT2D eigenvalue weighted by molar-refractivity contribution is 0.101. The number of benzene rings is 1. The van der Waals surface area contributed by atoms with E-state index in [0.29, 0.717) is 16.1 Å². The van der Waals surface area contributed by atoms with Crippen molar-refractivity contribution in [3.05, 3.63) is 64.6 Å². The van der Waals surface area contributed by atoms with Crippen molar-refractivity contribution in [1.82, 2.24) is 14.3 Å². The summed E-state index contributed by atoms with van der Waals surface area (Å²) in [5, 5.41) is 10.1. The summed E-state index contributed by atoms with van der Waals surface area (Å²) in [4.78, 5) is 20.9. The first kappa shape index (κ1) is 18.5. The van der Waals surface area contributed by atoms with Crippen molar-refractivity contribution >= 4 is 28.7 Å². The van der Waals surface area contributed by atoms with Gasteiger partial charge >= 0.3 is 0 Å². The summed E-state index contributed by atoms with van der Waals surface area (Å²) in [7, 11) is 0. The number of nitriles is 1. The fraction of sp³-hybridized carbons (Fsp3) is 0.286. The summed E-state index contributed by atoms with van der Waals surface area (Å²) in [6.45, 7) is 5.65. The number of carbonyl (C=O) groups is 1. The highest BCUT2D eigenvalue weighted by Gasteiger charge is 2.21. The lowest BCUT2D eigenvalue weighted by Gasteiger charge is -2.36. The second kappa shape index (κ2) is 7.63. The number of nitrogens with zero attached hydrogens (tertiary/aromatic N) is 5. The van der Waals surface area contributed by atoms with E-state index in [1.165, 1.54) is 0 Å². The predicted octanol–water partition coefficient (Wildman–Crippen LogP) is 3.38. The number of halogens is 1. The first-order valence-corrected chi connectivity index (χ1v) is 9.57. The van der Waals surface area contributed by atoms with Gasteiger partial charge < -0.3 is 9.30 Å². The Balaban J connectivity index is 1.45. The molecular weight excluding hydrogens is 374 g/mol. The third-order valence-corrected chi connectivity index (χ3v) is 5.31. The quantitative estimate of drug-likeness (QED) is 0.636. The SMILES string of the molecule is CC(=O)c1ccc(C#N)c(N2CCN(Cc3cn4cc(Cl)ccc4n3)CC2)c1. The lowest BCUT2D eigenvalue weighted by Crippen LogP contribution is -2.46. The van der Waals surface area contributed by atoms with Crippen molar-refractivity contribution in [2.45, 2.75) is 13.5 Å². The predicted molar refractivity (Wildman–Crippen MR) is 109 cm³/mol. The fourth-order valence-electron chi connectivity index (χ4n) is 3.58. The summed E-state index contributed by atoms with van der Waals surface area (Å²) < 4.78 is 1.94. The molecule has 3 heterocycles. The molecule has 0 radical (unpaired) electrons. The van der Waals surface area contributed by atoms with Gasteiger partial charge in [0.25, 0.3) is 0 Å². The van der Waals surface area contributed by atoms with E-state index in [2.05, 4.69) is 20.9 Å². The Morgan fingerprint density at radius 3 is 2.68 bits per heavy atom. The Morgan fingerprint density at radius 2 is 1.96 bits per heavy atom. The number of piperazine rings is 1. The van der Waals surface area contributed by atoms with Crippen LogP contribution in [0, 0.1) is 11.3 Å². The minimum Gasteiger partial charge on any atom is -0.368 e. The van der Waals surface area contributed by atoms with Gasteiger partial charge in [0, 0.05) is 50.7 Å². The molecule has 1 aliphatic heterocycles. The van der Waals surface area contributed by atoms with E-state index in [-0.39, 0.29) is 5.78 Å². The van der Waals surface area contributed by atoms with Crippen molar-refractivity contribution in [3.63, 3.8) is 0 Å². The van der Waals surface area contributed by atoms with Gasteiger partial charge in [0.2, 0.25) is 0 Å². The molecule has 1 aliphatic rings. The smallest absolute Gasteiger partial charge is 0.159 e. The van der Waals surface area contributed by atoms with Crippen LogP contribution >= 0.6 is 11.6 Å². The highest BCUT2D eigenvalue weighted by atomic mass is 35.5. The summed E-state index contributed by atoms with van der Waals surface area (Å²) in [5.41, 5.74) is 3.98. The molecule has 1 aromatic carbocycles. The average molecular weight is 394 g/mol. The first-order chi connectivity index (χ1) is 13.5. The zero-order valence-electron chi connectivity index (χ0n) is 15.6. The van der Waals surface area contributed by atoms with Crippen LogP contribution in [-0.4, -0.2) is 46.2 Å². The largest absolute Gasteiger partial charge is 0.368 e. The molecule has 0 unspecified atom stereocenters. The molecule has 4 rings (SSSR count). The second-order valence-electron chi connectivity index (χ2n) is 7.01. The van der Waals surface area contributed by atoms with Crippen LogP contribution in [0.2, 0.25) is 5.02 Å². The monoisotopic (exact) mass is 393 g/mol. The number of rotatable bonds is 4. The zero-order valence-corrected chi connectivity index (χ0v) is 16.4. The van der Waals surface area contributed by atoms with Gasteiger partial charge in [-0.05, 0) is 37.3 Å². The van der Waals surface area contributed by atoms with E-state index < -0.39 is 0 Å². The number of aromatic nitrogens is 2. The van der Waals surface area contributed by atoms with Gasteiger partial charge in [-0.3, -0.25) is 9.69 Å². The summed E-state index contributed by atoms with van der Waals surface area (Å²) in [5.74, 6) is 0.0105. The van der Waals surface area contributed by atoms with Gasteiger partial charge in [-0.1, -0.05) is 11.6 Å². The molecule has 0 saturated carbocycles. The maximum absolute atomic E-state index is 11.7. The molecule has 0 N–H and O–H groups in total. The van der Waals surface area contributed by atoms with Crippen molar-refractivity contribution in [2.75, 3.05) is 31.1 Å². The van der Waals surface area contributed by atoms with E-state index in [1.54, 1.807) is 19.1 Å². The number of pyridine rings is 1. The van der Waals surface area contributed by atoms with Gasteiger partial charge in [0.15, 0.2) is 5.78 Å². The minimum absolute atomic E-state index is 0.0105. The molecule has 0 atom stereocenters. The van der Waals surface area contributed by atoms with Crippen LogP contribution in [0.1, 0.15) is 28.5 Å². The number of hydrogen-bond donors (Lipinski definition) is 0. The zero-order chi connectivity index (χ0) is 19.7. The van der Waals surface area contributed by atoms with Gasteiger partial charge in [-0.25, -0.2) is 4.98 Å². The number of imidazole rings is 1. The van der Waals surface area contributed by atoms with Gasteiger partial charge in [0.1, 0.15) is 11.7 Å². The molecule has 3 aromatic rings. The number of Topliss-reactive ketones (excluding diaryl/α,β-unsaturated/α-hetero) is 1. The van der Waals surface area contributed by atoms with Gasteiger partial charge in [0.05, 0.1) is 22.0 Å². The topological polar surface area (TPSA) is 64.6 Å². The number of ketones is 1. The van der Waals surface area contributed by atoms with E-state index in [0.717, 1.165) is 49.8 Å². The first-order valence-electron chi connectivity index (χ1n) is 9.19. The molecule has 0 amide bonds. The summed E-state index contributed by atoms with van der Waals surface area (Å²) in [6.07, 6.45) is 3.87. The number of hydrogen-bond acceptors (Lipinski definition) is 5. The molecule has 0 aliphatic carbocycles. The van der Waals surface area contributed by atoms with Crippen molar-refractivity contribution in [2.24, 2.45) is 0 Å². The molecule has 142 valence electrons. The van der Waals surface area contributed by atoms with Gasteiger partial charge in [-0.15, -0.1) is 0 Å².